The van der Waals surface area contributed by atoms with Gasteiger partial charge in [-0.15, -0.1) is 0 Å². The molecule has 0 fully saturated rings. The molecule has 4 aromatic carbocycles. The van der Waals surface area contributed by atoms with Gasteiger partial charge >= 0.3 is 0 Å². The number of pyridine rings is 2. The van der Waals surface area contributed by atoms with Gasteiger partial charge in [-0.1, -0.05) is 60.7 Å². The minimum absolute atomic E-state index is 0.0788. The first-order valence-corrected chi connectivity index (χ1v) is 13.1. The van der Waals surface area contributed by atoms with Crippen molar-refractivity contribution in [3.05, 3.63) is 151 Å². The van der Waals surface area contributed by atoms with E-state index in [-0.39, 0.29) is 5.92 Å². The third-order valence-electron chi connectivity index (χ3n) is 7.64. The second-order valence-corrected chi connectivity index (χ2v) is 9.85. The summed E-state index contributed by atoms with van der Waals surface area (Å²) in [4.78, 5) is 9.36. The number of para-hydroxylation sites is 1. The highest BCUT2D eigenvalue weighted by atomic mass is 16.5. The van der Waals surface area contributed by atoms with E-state index >= 15 is 0 Å². The summed E-state index contributed by atoms with van der Waals surface area (Å²) in [5.74, 6) is 2.55. The van der Waals surface area contributed by atoms with Gasteiger partial charge in [0.1, 0.15) is 17.3 Å². The van der Waals surface area contributed by atoms with Crippen LogP contribution in [0.4, 0.5) is 0 Å². The topological polar surface area (TPSA) is 39.9 Å². The summed E-state index contributed by atoms with van der Waals surface area (Å²) in [6.07, 6.45) is 3.70. The third-order valence-corrected chi connectivity index (χ3v) is 7.64. The lowest BCUT2D eigenvalue weighted by molar-refractivity contribution is 0.482. The zero-order chi connectivity index (χ0) is 25.8. The molecule has 0 spiro atoms. The van der Waals surface area contributed by atoms with Crippen molar-refractivity contribution < 1.29 is 4.74 Å². The van der Waals surface area contributed by atoms with Crippen LogP contribution in [0.1, 0.15) is 22.7 Å². The van der Waals surface area contributed by atoms with Gasteiger partial charge in [-0.2, -0.15) is 0 Å². The van der Waals surface area contributed by atoms with Crippen LogP contribution in [-0.4, -0.2) is 14.5 Å². The Hall–Kier alpha value is -5.22. The van der Waals surface area contributed by atoms with Crippen molar-refractivity contribution in [1.29, 1.82) is 0 Å². The van der Waals surface area contributed by atoms with E-state index in [2.05, 4.69) is 107 Å². The number of nitrogens with zero attached hydrogens (tertiary/aromatic N) is 3. The van der Waals surface area contributed by atoms with E-state index < -0.39 is 0 Å². The Morgan fingerprint density at radius 3 is 2.13 bits per heavy atom. The Morgan fingerprint density at radius 1 is 0.538 bits per heavy atom. The predicted molar refractivity (Wildman–Crippen MR) is 156 cm³/mol. The highest BCUT2D eigenvalue weighted by Crippen LogP contribution is 2.48. The van der Waals surface area contributed by atoms with Gasteiger partial charge < -0.3 is 4.74 Å². The van der Waals surface area contributed by atoms with Crippen LogP contribution < -0.4 is 4.74 Å². The second-order valence-electron chi connectivity index (χ2n) is 9.85. The van der Waals surface area contributed by atoms with Gasteiger partial charge in [-0.25, -0.2) is 4.98 Å². The Labute approximate surface area is 225 Å². The Bertz CT molecular complexity index is 1990. The predicted octanol–water partition coefficient (Wildman–Crippen LogP) is 8.53. The Balaban J connectivity index is 1.24. The molecule has 39 heavy (non-hydrogen) atoms. The van der Waals surface area contributed by atoms with Crippen LogP contribution in [0.15, 0.2) is 134 Å². The van der Waals surface area contributed by atoms with Crippen LogP contribution >= 0.6 is 0 Å². The first-order valence-electron chi connectivity index (χ1n) is 13.1. The molecule has 0 amide bonds. The minimum Gasteiger partial charge on any atom is -0.457 e. The number of fused-ring (bicyclic) bond motifs is 6. The van der Waals surface area contributed by atoms with Gasteiger partial charge in [-0.05, 0) is 76.9 Å². The smallest absolute Gasteiger partial charge is 0.137 e. The number of aromatic nitrogens is 3. The molecular formula is C35H23N3O. The van der Waals surface area contributed by atoms with Crippen LogP contribution in [0.3, 0.4) is 0 Å². The molecule has 1 aliphatic carbocycles. The average molecular weight is 502 g/mol. The maximum absolute atomic E-state index is 6.53. The van der Waals surface area contributed by atoms with E-state index in [0.717, 1.165) is 34.0 Å². The minimum atomic E-state index is 0.0788. The van der Waals surface area contributed by atoms with E-state index in [0.29, 0.717) is 0 Å². The van der Waals surface area contributed by atoms with Crippen molar-refractivity contribution in [3.63, 3.8) is 0 Å². The highest BCUT2D eigenvalue weighted by Gasteiger charge is 2.31. The SMILES string of the molecule is c1ccc(C2c3ccccc3-c3ccc(Oc4ccc5c6ccccc6n(-c6ccccn6)c5c4)cc32)nc1. The first kappa shape index (κ1) is 21.8. The zero-order valence-corrected chi connectivity index (χ0v) is 21.0. The fourth-order valence-electron chi connectivity index (χ4n) is 6.00. The molecule has 0 bridgehead atoms. The van der Waals surface area contributed by atoms with E-state index in [1.807, 2.05) is 36.7 Å². The summed E-state index contributed by atoms with van der Waals surface area (Å²) in [5.41, 5.74) is 8.22. The molecule has 0 N–H and O–H groups in total. The van der Waals surface area contributed by atoms with Crippen LogP contribution in [0.5, 0.6) is 11.5 Å². The summed E-state index contributed by atoms with van der Waals surface area (Å²) < 4.78 is 8.73. The van der Waals surface area contributed by atoms with Gasteiger partial charge in [0, 0.05) is 29.2 Å². The lowest BCUT2D eigenvalue weighted by Crippen LogP contribution is -2.01. The van der Waals surface area contributed by atoms with E-state index in [1.54, 1.807) is 0 Å². The fourth-order valence-corrected chi connectivity index (χ4v) is 6.00. The number of ether oxygens (including phenoxy) is 1. The molecule has 0 aliphatic heterocycles. The summed E-state index contributed by atoms with van der Waals surface area (Å²) in [5, 5.41) is 2.36. The Kier molecular flexibility index (Phi) is 4.85. The van der Waals surface area contributed by atoms with E-state index in [1.165, 1.54) is 33.0 Å². The monoisotopic (exact) mass is 501 g/mol. The van der Waals surface area contributed by atoms with Crippen molar-refractivity contribution in [2.75, 3.05) is 0 Å². The molecule has 0 saturated heterocycles. The van der Waals surface area contributed by atoms with E-state index in [4.69, 9.17) is 9.72 Å². The van der Waals surface area contributed by atoms with E-state index in [9.17, 15) is 0 Å². The standard InChI is InChI=1S/C35H23N3O/c1-2-11-29-25(9-1)26-17-15-23(21-30(26)35(29)31-12-5-7-19-36-31)39-24-16-18-28-27-10-3-4-13-32(27)38(33(28)22-24)34-14-6-8-20-37-34/h1-22,35H. The number of hydrogen-bond donors (Lipinski definition) is 0. The zero-order valence-electron chi connectivity index (χ0n) is 21.0. The second kappa shape index (κ2) is 8.67. The third kappa shape index (κ3) is 3.46. The molecule has 1 aliphatic rings. The molecule has 0 radical (unpaired) electrons. The van der Waals surface area contributed by atoms with Gasteiger partial charge in [0.25, 0.3) is 0 Å². The first-order chi connectivity index (χ1) is 19.3. The lowest BCUT2D eigenvalue weighted by Gasteiger charge is -2.14. The molecule has 8 rings (SSSR count). The molecule has 0 saturated carbocycles. The lowest BCUT2D eigenvalue weighted by atomic mass is 9.93. The molecule has 184 valence electrons. The fraction of sp³-hybridized carbons (Fsp3) is 0.0286. The average Bonchev–Trinajstić information content (AvgIpc) is 3.50. The van der Waals surface area contributed by atoms with Crippen molar-refractivity contribution in [1.82, 2.24) is 14.5 Å². The molecular weight excluding hydrogens is 478 g/mol. The van der Waals surface area contributed by atoms with Gasteiger partial charge in [0.2, 0.25) is 0 Å². The molecule has 4 nitrogen and oxygen atoms in total. The van der Waals surface area contributed by atoms with Crippen LogP contribution in [0.2, 0.25) is 0 Å². The van der Waals surface area contributed by atoms with Crippen LogP contribution in [0, 0.1) is 0 Å². The van der Waals surface area contributed by atoms with Gasteiger partial charge in [-0.3, -0.25) is 9.55 Å². The maximum Gasteiger partial charge on any atom is 0.137 e. The summed E-state index contributed by atoms with van der Waals surface area (Å²) in [6, 6.07) is 41.9. The van der Waals surface area contributed by atoms with Crippen LogP contribution in [0.25, 0.3) is 38.8 Å². The maximum atomic E-state index is 6.53. The Morgan fingerprint density at radius 2 is 1.26 bits per heavy atom. The molecule has 7 aromatic rings. The van der Waals surface area contributed by atoms with Crippen molar-refractivity contribution in [3.8, 4) is 28.4 Å². The van der Waals surface area contributed by atoms with Crippen LogP contribution in [-0.2, 0) is 0 Å². The van der Waals surface area contributed by atoms with Gasteiger partial charge in [0.05, 0.1) is 22.6 Å². The normalized spacial score (nSPS) is 13.9. The van der Waals surface area contributed by atoms with Crippen molar-refractivity contribution >= 4 is 21.8 Å². The molecule has 1 unspecified atom stereocenters. The van der Waals surface area contributed by atoms with Crippen molar-refractivity contribution in [2.24, 2.45) is 0 Å². The summed E-state index contributed by atoms with van der Waals surface area (Å²) in [6.45, 7) is 0. The van der Waals surface area contributed by atoms with Crippen molar-refractivity contribution in [2.45, 2.75) is 5.92 Å². The highest BCUT2D eigenvalue weighted by molar-refractivity contribution is 6.09. The van der Waals surface area contributed by atoms with Gasteiger partial charge in [0.15, 0.2) is 0 Å². The molecule has 4 heteroatoms. The number of benzene rings is 4. The molecule has 1 atom stereocenters. The number of hydrogen-bond acceptors (Lipinski definition) is 3. The summed E-state index contributed by atoms with van der Waals surface area (Å²) in [7, 11) is 0. The quantitative estimate of drug-likeness (QED) is 0.243. The largest absolute Gasteiger partial charge is 0.457 e. The molecule has 3 aromatic heterocycles. The number of rotatable bonds is 4. The summed E-state index contributed by atoms with van der Waals surface area (Å²) >= 11 is 0. The molecule has 3 heterocycles.